The molecule has 1 aromatic carbocycles. The van der Waals surface area contributed by atoms with E-state index < -0.39 is 26.0 Å². The second kappa shape index (κ2) is 5.69. The first-order chi connectivity index (χ1) is 9.75. The van der Waals surface area contributed by atoms with E-state index in [1.807, 2.05) is 0 Å². The Morgan fingerprint density at radius 1 is 1.29 bits per heavy atom. The van der Waals surface area contributed by atoms with Crippen LogP contribution in [0.5, 0.6) is 0 Å². The van der Waals surface area contributed by atoms with Crippen molar-refractivity contribution in [2.24, 2.45) is 0 Å². The van der Waals surface area contributed by atoms with E-state index in [9.17, 15) is 17.2 Å². The maximum atomic E-state index is 12.8. The number of rotatable bonds is 5. The third-order valence-corrected chi connectivity index (χ3v) is 5.38. The topological polar surface area (TPSA) is 59.1 Å². The van der Waals surface area contributed by atoms with Crippen molar-refractivity contribution in [2.45, 2.75) is 30.0 Å². The third kappa shape index (κ3) is 3.21. The molecule has 0 aliphatic rings. The van der Waals surface area contributed by atoms with E-state index in [1.165, 1.54) is 29.5 Å². The number of anilines is 1. The molecule has 8 heteroatoms. The summed E-state index contributed by atoms with van der Waals surface area (Å²) >= 11 is 1.40. The maximum absolute atomic E-state index is 12.8. The fourth-order valence-electron chi connectivity index (χ4n) is 1.84. The Bertz CT molecular complexity index is 714. The fourth-order valence-corrected chi connectivity index (χ4v) is 3.44. The van der Waals surface area contributed by atoms with Gasteiger partial charge in [-0.25, -0.2) is 13.4 Å². The molecule has 4 nitrogen and oxygen atoms in total. The molecule has 1 heterocycles. The van der Waals surface area contributed by atoms with Gasteiger partial charge in [0.1, 0.15) is 5.01 Å². The van der Waals surface area contributed by atoms with Crippen molar-refractivity contribution in [1.29, 1.82) is 0 Å². The van der Waals surface area contributed by atoms with Crippen LogP contribution in [-0.2, 0) is 15.4 Å². The van der Waals surface area contributed by atoms with Crippen LogP contribution in [-0.4, -0.2) is 19.2 Å². The summed E-state index contributed by atoms with van der Waals surface area (Å²) in [5.74, 6) is -3.46. The largest absolute Gasteiger partial charge is 0.373 e. The average molecular weight is 332 g/mol. The molecule has 114 valence electrons. The lowest BCUT2D eigenvalue weighted by atomic mass is 10.1. The summed E-state index contributed by atoms with van der Waals surface area (Å²) < 4.78 is 49.0. The highest BCUT2D eigenvalue weighted by Gasteiger charge is 2.31. The van der Waals surface area contributed by atoms with Gasteiger partial charge in [0, 0.05) is 11.6 Å². The van der Waals surface area contributed by atoms with Crippen molar-refractivity contribution in [3.8, 4) is 0 Å². The number of thiazole rings is 1. The molecule has 2 rings (SSSR count). The van der Waals surface area contributed by atoms with Crippen molar-refractivity contribution in [1.82, 2.24) is 4.98 Å². The number of benzene rings is 1. The summed E-state index contributed by atoms with van der Waals surface area (Å²) in [5, 5.41) is 5.51. The molecule has 0 saturated carbocycles. The molecule has 0 fully saturated rings. The third-order valence-electron chi connectivity index (χ3n) is 2.84. The minimum absolute atomic E-state index is 0.137. The zero-order chi connectivity index (χ0) is 15.7. The summed E-state index contributed by atoms with van der Waals surface area (Å²) in [7, 11) is -4.66. The summed E-state index contributed by atoms with van der Waals surface area (Å²) in [5.41, 5.74) is -0.542. The van der Waals surface area contributed by atoms with Gasteiger partial charge in [0.25, 0.3) is 0 Å². The minimum Gasteiger partial charge on any atom is -0.373 e. The highest BCUT2D eigenvalue weighted by molar-refractivity contribution is 7.91. The number of hydrogen-bond acceptors (Lipinski definition) is 5. The monoisotopic (exact) mass is 332 g/mol. The number of nitrogens with one attached hydrogen (secondary N) is 1. The van der Waals surface area contributed by atoms with Crippen molar-refractivity contribution < 1.29 is 17.2 Å². The molecule has 0 aliphatic carbocycles. The number of alkyl halides is 2. The van der Waals surface area contributed by atoms with Crippen LogP contribution < -0.4 is 5.32 Å². The summed E-state index contributed by atoms with van der Waals surface area (Å²) in [6.07, 6.45) is 1.63. The highest BCUT2D eigenvalue weighted by Crippen LogP contribution is 2.32. The van der Waals surface area contributed by atoms with E-state index in [0.29, 0.717) is 0 Å². The molecular formula is C13H14F2N2O2S2. The van der Waals surface area contributed by atoms with Gasteiger partial charge in [-0.3, -0.25) is 0 Å². The van der Waals surface area contributed by atoms with Crippen LogP contribution in [0.15, 0.2) is 40.7 Å². The first-order valence-corrected chi connectivity index (χ1v) is 8.47. The van der Waals surface area contributed by atoms with Crippen molar-refractivity contribution in [3.63, 3.8) is 0 Å². The Hall–Kier alpha value is -1.54. The van der Waals surface area contributed by atoms with Gasteiger partial charge in [0.05, 0.1) is 16.1 Å². The highest BCUT2D eigenvalue weighted by atomic mass is 32.2. The van der Waals surface area contributed by atoms with Crippen molar-refractivity contribution in [2.75, 3.05) is 5.32 Å². The van der Waals surface area contributed by atoms with Crippen LogP contribution in [0, 0.1) is 0 Å². The number of aromatic nitrogens is 1. The molecule has 0 saturated heterocycles. The zero-order valence-corrected chi connectivity index (χ0v) is 13.0. The molecule has 0 spiro atoms. The SMILES string of the molecule is CC(C)(Nc1ccccc1S(=O)(=O)C(F)F)c1nccs1. The van der Waals surface area contributed by atoms with Crippen molar-refractivity contribution in [3.05, 3.63) is 40.8 Å². The lowest BCUT2D eigenvalue weighted by Crippen LogP contribution is -2.29. The standard InChI is InChI=1S/C13H14F2N2O2S2/c1-13(2,11-16-7-8-20-11)17-9-5-3-4-6-10(9)21(18,19)12(14)15/h3-8,12,17H,1-2H3. The molecule has 0 radical (unpaired) electrons. The normalized spacial score (nSPS) is 12.6. The van der Waals surface area contributed by atoms with Gasteiger partial charge in [0.15, 0.2) is 0 Å². The number of para-hydroxylation sites is 1. The van der Waals surface area contributed by atoms with E-state index in [-0.39, 0.29) is 5.69 Å². The Kier molecular flexibility index (Phi) is 4.29. The molecule has 2 aromatic rings. The maximum Gasteiger partial charge on any atom is 0.341 e. The van der Waals surface area contributed by atoms with E-state index in [4.69, 9.17) is 0 Å². The molecule has 0 aliphatic heterocycles. The molecule has 0 bridgehead atoms. The van der Waals surface area contributed by atoms with Gasteiger partial charge < -0.3 is 5.32 Å². The lowest BCUT2D eigenvalue weighted by Gasteiger charge is -2.26. The van der Waals surface area contributed by atoms with Gasteiger partial charge in [-0.2, -0.15) is 8.78 Å². The van der Waals surface area contributed by atoms with Crippen LogP contribution in [0.3, 0.4) is 0 Å². The predicted molar refractivity (Wildman–Crippen MR) is 78.4 cm³/mol. The second-order valence-electron chi connectivity index (χ2n) is 4.89. The van der Waals surface area contributed by atoms with E-state index in [2.05, 4.69) is 10.3 Å². The summed E-state index contributed by atoms with van der Waals surface area (Å²) in [4.78, 5) is 3.76. The van der Waals surface area contributed by atoms with Gasteiger partial charge in [-0.15, -0.1) is 11.3 Å². The van der Waals surface area contributed by atoms with E-state index in [1.54, 1.807) is 31.5 Å². The molecular weight excluding hydrogens is 318 g/mol. The smallest absolute Gasteiger partial charge is 0.341 e. The Balaban J connectivity index is 2.43. The quantitative estimate of drug-likeness (QED) is 0.910. The first kappa shape index (κ1) is 15.8. The van der Waals surface area contributed by atoms with Crippen LogP contribution in [0.1, 0.15) is 18.9 Å². The van der Waals surface area contributed by atoms with Gasteiger partial charge in [-0.05, 0) is 26.0 Å². The second-order valence-corrected chi connectivity index (χ2v) is 7.67. The molecule has 0 unspecified atom stereocenters. The number of sulfone groups is 1. The first-order valence-electron chi connectivity index (χ1n) is 6.04. The van der Waals surface area contributed by atoms with Crippen molar-refractivity contribution >= 4 is 26.9 Å². The Morgan fingerprint density at radius 2 is 1.95 bits per heavy atom. The van der Waals surface area contributed by atoms with Crippen LogP contribution in [0.4, 0.5) is 14.5 Å². The summed E-state index contributed by atoms with van der Waals surface area (Å²) in [6, 6.07) is 5.63. The average Bonchev–Trinajstić information content (AvgIpc) is 2.93. The fraction of sp³-hybridized carbons (Fsp3) is 0.308. The van der Waals surface area contributed by atoms with E-state index in [0.717, 1.165) is 5.01 Å². The number of halogens is 2. The Labute approximate surface area is 125 Å². The lowest BCUT2D eigenvalue weighted by molar-refractivity contribution is 0.235. The molecule has 21 heavy (non-hydrogen) atoms. The minimum atomic E-state index is -4.66. The molecule has 1 N–H and O–H groups in total. The van der Waals surface area contributed by atoms with Gasteiger partial charge >= 0.3 is 5.76 Å². The van der Waals surface area contributed by atoms with Crippen LogP contribution >= 0.6 is 11.3 Å². The number of hydrogen-bond donors (Lipinski definition) is 1. The number of nitrogens with zero attached hydrogens (tertiary/aromatic N) is 1. The predicted octanol–water partition coefficient (Wildman–Crippen LogP) is 3.49. The van der Waals surface area contributed by atoms with E-state index >= 15 is 0 Å². The van der Waals surface area contributed by atoms with Gasteiger partial charge in [0.2, 0.25) is 9.84 Å². The zero-order valence-electron chi connectivity index (χ0n) is 11.4. The van der Waals surface area contributed by atoms with Gasteiger partial charge in [-0.1, -0.05) is 12.1 Å². The molecule has 1 aromatic heterocycles. The van der Waals surface area contributed by atoms with Crippen LogP contribution in [0.25, 0.3) is 0 Å². The Morgan fingerprint density at radius 3 is 2.52 bits per heavy atom. The molecule has 0 atom stereocenters. The molecule has 0 amide bonds. The van der Waals surface area contributed by atoms with Crippen LogP contribution in [0.2, 0.25) is 0 Å². The summed E-state index contributed by atoms with van der Waals surface area (Å²) in [6.45, 7) is 3.61.